The van der Waals surface area contributed by atoms with Gasteiger partial charge in [0.1, 0.15) is 5.82 Å². The molecule has 66 valence electrons. The molecule has 0 aliphatic carbocycles. The zero-order valence-electron chi connectivity index (χ0n) is 6.57. The van der Waals surface area contributed by atoms with E-state index in [0.717, 1.165) is 0 Å². The van der Waals surface area contributed by atoms with Gasteiger partial charge in [0.05, 0.1) is 5.56 Å². The Morgan fingerprint density at radius 3 is 2.85 bits per heavy atom. The lowest BCUT2D eigenvalue weighted by atomic mass is 10.1. The van der Waals surface area contributed by atoms with E-state index in [2.05, 4.69) is 10.1 Å². The first-order chi connectivity index (χ1) is 6.29. The summed E-state index contributed by atoms with van der Waals surface area (Å²) in [4.78, 5) is 3.71. The minimum Gasteiger partial charge on any atom is -0.398 e. The Morgan fingerprint density at radius 2 is 2.23 bits per heavy atom. The Hall–Kier alpha value is -1.91. The average molecular weight is 179 g/mol. The summed E-state index contributed by atoms with van der Waals surface area (Å²) in [5.41, 5.74) is 5.98. The minimum absolute atomic E-state index is 0.0931. The van der Waals surface area contributed by atoms with Crippen molar-refractivity contribution in [3.63, 3.8) is 0 Å². The number of aromatic nitrogens is 2. The van der Waals surface area contributed by atoms with E-state index in [9.17, 15) is 4.39 Å². The number of hydrogen-bond acceptors (Lipinski definition) is 4. The first-order valence-electron chi connectivity index (χ1n) is 3.60. The Labute approximate surface area is 73.2 Å². The van der Waals surface area contributed by atoms with E-state index in [1.165, 1.54) is 18.5 Å². The van der Waals surface area contributed by atoms with E-state index in [-0.39, 0.29) is 17.1 Å². The highest BCUT2D eigenvalue weighted by molar-refractivity contribution is 5.70. The summed E-state index contributed by atoms with van der Waals surface area (Å²) in [6, 6.07) is 4.38. The van der Waals surface area contributed by atoms with Gasteiger partial charge in [0.2, 0.25) is 0 Å². The Kier molecular flexibility index (Phi) is 1.70. The molecule has 13 heavy (non-hydrogen) atoms. The summed E-state index contributed by atoms with van der Waals surface area (Å²) in [7, 11) is 0. The van der Waals surface area contributed by atoms with Crippen molar-refractivity contribution in [2.45, 2.75) is 0 Å². The van der Waals surface area contributed by atoms with Crippen LogP contribution in [0.4, 0.5) is 10.1 Å². The number of rotatable bonds is 1. The number of nitrogens with two attached hydrogens (primary N) is 1. The third-order valence-corrected chi connectivity index (χ3v) is 1.62. The molecule has 0 saturated heterocycles. The largest absolute Gasteiger partial charge is 0.398 e. The Balaban J connectivity index is 2.64. The predicted molar refractivity (Wildman–Crippen MR) is 44.1 cm³/mol. The van der Waals surface area contributed by atoms with Crippen molar-refractivity contribution in [1.82, 2.24) is 10.1 Å². The van der Waals surface area contributed by atoms with Gasteiger partial charge < -0.3 is 10.3 Å². The molecule has 0 bridgehead atoms. The summed E-state index contributed by atoms with van der Waals surface area (Å²) < 4.78 is 17.9. The molecule has 0 amide bonds. The lowest BCUT2D eigenvalue weighted by molar-refractivity contribution is 0.428. The second-order valence-electron chi connectivity index (χ2n) is 2.45. The first-order valence-corrected chi connectivity index (χ1v) is 3.60. The fraction of sp³-hybridized carbons (Fsp3) is 0. The van der Waals surface area contributed by atoms with Crippen LogP contribution in [0, 0.1) is 5.82 Å². The molecule has 0 atom stereocenters. The van der Waals surface area contributed by atoms with E-state index in [0.29, 0.717) is 0 Å². The molecule has 0 unspecified atom stereocenters. The summed E-state index contributed by atoms with van der Waals surface area (Å²) in [6.07, 6.45) is 1.20. The molecule has 2 aromatic rings. The Morgan fingerprint density at radius 1 is 1.38 bits per heavy atom. The van der Waals surface area contributed by atoms with Crippen LogP contribution in [0.15, 0.2) is 29.0 Å². The van der Waals surface area contributed by atoms with Crippen LogP contribution in [-0.2, 0) is 0 Å². The quantitative estimate of drug-likeness (QED) is 0.673. The summed E-state index contributed by atoms with van der Waals surface area (Å²) in [5, 5.41) is 3.37. The maximum Gasteiger partial charge on any atom is 0.262 e. The van der Waals surface area contributed by atoms with Crippen LogP contribution in [0.1, 0.15) is 0 Å². The van der Waals surface area contributed by atoms with Crippen molar-refractivity contribution in [3.05, 3.63) is 30.3 Å². The van der Waals surface area contributed by atoms with Crippen LogP contribution in [0.25, 0.3) is 11.5 Å². The lowest BCUT2D eigenvalue weighted by Crippen LogP contribution is -1.93. The van der Waals surface area contributed by atoms with E-state index >= 15 is 0 Å². The van der Waals surface area contributed by atoms with Crippen molar-refractivity contribution in [1.29, 1.82) is 0 Å². The van der Waals surface area contributed by atoms with Crippen molar-refractivity contribution in [3.8, 4) is 11.5 Å². The molecule has 2 rings (SSSR count). The standard InChI is InChI=1S/C8H6FN3O/c9-5-2-1-3-6(10)7(5)8-11-4-12-13-8/h1-4H,10H2. The van der Waals surface area contributed by atoms with Crippen LogP contribution < -0.4 is 5.73 Å². The van der Waals surface area contributed by atoms with Gasteiger partial charge in [-0.15, -0.1) is 0 Å². The van der Waals surface area contributed by atoms with Crippen LogP contribution in [-0.4, -0.2) is 10.1 Å². The van der Waals surface area contributed by atoms with Gasteiger partial charge in [0, 0.05) is 5.69 Å². The van der Waals surface area contributed by atoms with Gasteiger partial charge in [-0.3, -0.25) is 0 Å². The first kappa shape index (κ1) is 7.72. The van der Waals surface area contributed by atoms with Crippen LogP contribution in [0.3, 0.4) is 0 Å². The molecule has 0 saturated carbocycles. The normalized spacial score (nSPS) is 10.2. The molecule has 0 radical (unpaired) electrons. The van der Waals surface area contributed by atoms with E-state index in [4.69, 9.17) is 10.3 Å². The number of anilines is 1. The van der Waals surface area contributed by atoms with Crippen LogP contribution in [0.2, 0.25) is 0 Å². The van der Waals surface area contributed by atoms with Crippen LogP contribution >= 0.6 is 0 Å². The number of nitrogen functional groups attached to an aromatic ring is 1. The van der Waals surface area contributed by atoms with Crippen LogP contribution in [0.5, 0.6) is 0 Å². The molecule has 5 heteroatoms. The zero-order chi connectivity index (χ0) is 9.26. The number of halogens is 1. The lowest BCUT2D eigenvalue weighted by Gasteiger charge is -2.00. The molecular formula is C8H6FN3O. The van der Waals surface area contributed by atoms with Gasteiger partial charge in [0.25, 0.3) is 5.89 Å². The predicted octanol–water partition coefficient (Wildman–Crippen LogP) is 1.46. The van der Waals surface area contributed by atoms with Gasteiger partial charge in [-0.2, -0.15) is 4.98 Å². The maximum absolute atomic E-state index is 13.2. The highest BCUT2D eigenvalue weighted by Gasteiger charge is 2.12. The molecule has 0 fully saturated rings. The van der Waals surface area contributed by atoms with Gasteiger partial charge >= 0.3 is 0 Å². The van der Waals surface area contributed by atoms with Crippen molar-refractivity contribution >= 4 is 5.69 Å². The number of hydrogen-bond donors (Lipinski definition) is 1. The summed E-state index contributed by atoms with van der Waals surface area (Å²) in [6.45, 7) is 0. The van der Waals surface area contributed by atoms with Crippen molar-refractivity contribution in [2.75, 3.05) is 5.73 Å². The Bertz CT molecular complexity index is 393. The SMILES string of the molecule is Nc1cccc(F)c1-c1ncno1. The second kappa shape index (κ2) is 2.85. The fourth-order valence-electron chi connectivity index (χ4n) is 1.05. The highest BCUT2D eigenvalue weighted by Crippen LogP contribution is 2.26. The van der Waals surface area contributed by atoms with Gasteiger partial charge in [-0.25, -0.2) is 4.39 Å². The second-order valence-corrected chi connectivity index (χ2v) is 2.45. The van der Waals surface area contributed by atoms with Gasteiger partial charge in [-0.05, 0) is 12.1 Å². The molecule has 4 nitrogen and oxygen atoms in total. The fourth-order valence-corrected chi connectivity index (χ4v) is 1.05. The summed E-state index contributed by atoms with van der Waals surface area (Å²) >= 11 is 0. The van der Waals surface area contributed by atoms with E-state index in [1.54, 1.807) is 6.07 Å². The average Bonchev–Trinajstić information content (AvgIpc) is 2.57. The molecule has 0 spiro atoms. The molecule has 0 aliphatic rings. The van der Waals surface area contributed by atoms with Crippen molar-refractivity contribution in [2.24, 2.45) is 0 Å². The molecule has 1 aromatic carbocycles. The monoisotopic (exact) mass is 179 g/mol. The number of benzene rings is 1. The zero-order valence-corrected chi connectivity index (χ0v) is 6.57. The molecule has 0 aliphatic heterocycles. The minimum atomic E-state index is -0.468. The molecule has 1 aromatic heterocycles. The van der Waals surface area contributed by atoms with Gasteiger partial charge in [0.15, 0.2) is 6.33 Å². The van der Waals surface area contributed by atoms with Gasteiger partial charge in [-0.1, -0.05) is 11.2 Å². The molecule has 1 heterocycles. The van der Waals surface area contributed by atoms with E-state index < -0.39 is 5.82 Å². The third kappa shape index (κ3) is 1.24. The highest BCUT2D eigenvalue weighted by atomic mass is 19.1. The third-order valence-electron chi connectivity index (χ3n) is 1.62. The number of nitrogens with zero attached hydrogens (tertiary/aromatic N) is 2. The maximum atomic E-state index is 13.2. The smallest absolute Gasteiger partial charge is 0.262 e. The molecule has 2 N–H and O–H groups in total. The van der Waals surface area contributed by atoms with Crippen molar-refractivity contribution < 1.29 is 8.91 Å². The van der Waals surface area contributed by atoms with E-state index in [1.807, 2.05) is 0 Å². The molecular weight excluding hydrogens is 173 g/mol. The summed E-state index contributed by atoms with van der Waals surface area (Å²) in [5.74, 6) is -0.375. The topological polar surface area (TPSA) is 64.9 Å².